The number of hydrogen-bond acceptors (Lipinski definition) is 3. The zero-order valence-corrected chi connectivity index (χ0v) is 12.2. The monoisotopic (exact) mass is 336 g/mol. The van der Waals surface area contributed by atoms with E-state index in [-0.39, 0.29) is 21.1 Å². The van der Waals surface area contributed by atoms with Gasteiger partial charge in [-0.3, -0.25) is 0 Å². The Kier molecular flexibility index (Phi) is 3.66. The summed E-state index contributed by atoms with van der Waals surface area (Å²) in [6, 6.07) is 2.14. The maximum Gasteiger partial charge on any atom is 0.242 e. The van der Waals surface area contributed by atoms with Gasteiger partial charge in [0.15, 0.2) is 0 Å². The van der Waals surface area contributed by atoms with E-state index in [1.165, 1.54) is 6.07 Å². The molecule has 0 unspecified atom stereocenters. The number of rotatable bonds is 3. The van der Waals surface area contributed by atoms with Crippen molar-refractivity contribution in [2.24, 2.45) is 5.92 Å². The molecule has 1 aromatic rings. The highest BCUT2D eigenvalue weighted by molar-refractivity contribution is 9.10. The number of nitrogens with one attached hydrogen (secondary N) is 1. The van der Waals surface area contributed by atoms with Gasteiger partial charge >= 0.3 is 0 Å². The molecule has 0 aromatic heterocycles. The van der Waals surface area contributed by atoms with Crippen molar-refractivity contribution in [2.75, 3.05) is 5.73 Å². The number of benzene rings is 1. The topological polar surface area (TPSA) is 72.2 Å². The molecule has 1 aliphatic rings. The van der Waals surface area contributed by atoms with Crippen LogP contribution in [0.5, 0.6) is 0 Å². The smallest absolute Gasteiger partial charge is 0.242 e. The number of anilines is 1. The summed E-state index contributed by atoms with van der Waals surface area (Å²) in [7, 11) is -3.69. The minimum Gasteiger partial charge on any atom is -0.398 e. The average Bonchev–Trinajstić information content (AvgIpc) is 2.20. The molecule has 0 bridgehead atoms. The number of sulfonamides is 1. The van der Waals surface area contributed by atoms with E-state index in [1.807, 2.05) is 0 Å². The van der Waals surface area contributed by atoms with Gasteiger partial charge in [-0.2, -0.15) is 0 Å². The number of nitrogen functional groups attached to an aromatic ring is 1. The summed E-state index contributed by atoms with van der Waals surface area (Å²) in [6.45, 7) is 2.06. The molecule has 1 fully saturated rings. The van der Waals surface area contributed by atoms with Crippen molar-refractivity contribution in [1.29, 1.82) is 0 Å². The summed E-state index contributed by atoms with van der Waals surface area (Å²) in [5.41, 5.74) is 5.47. The fraction of sp³-hybridized carbons (Fsp3) is 0.455. The minimum atomic E-state index is -3.69. The van der Waals surface area contributed by atoms with E-state index in [0.717, 1.165) is 18.9 Å². The van der Waals surface area contributed by atoms with Crippen LogP contribution in [0.15, 0.2) is 21.5 Å². The first kappa shape index (κ1) is 13.8. The van der Waals surface area contributed by atoms with Crippen molar-refractivity contribution in [3.05, 3.63) is 22.4 Å². The standard InChI is InChI=1S/C11H14BrFN2O2S/c1-6-2-7(3-6)15-18(16,17)11-4-8(12)9(13)5-10(11)14/h4-7,15H,2-3,14H2,1H3. The molecule has 0 spiro atoms. The van der Waals surface area contributed by atoms with Crippen LogP contribution in [0.2, 0.25) is 0 Å². The van der Waals surface area contributed by atoms with E-state index in [2.05, 4.69) is 27.6 Å². The Morgan fingerprint density at radius 2 is 2.06 bits per heavy atom. The largest absolute Gasteiger partial charge is 0.398 e. The van der Waals surface area contributed by atoms with E-state index < -0.39 is 15.8 Å². The third-order valence-electron chi connectivity index (χ3n) is 3.04. The second-order valence-electron chi connectivity index (χ2n) is 4.70. The van der Waals surface area contributed by atoms with Gasteiger partial charge in [-0.05, 0) is 46.8 Å². The summed E-state index contributed by atoms with van der Waals surface area (Å²) in [5, 5.41) is 0. The lowest BCUT2D eigenvalue weighted by molar-refractivity contribution is 0.270. The minimum absolute atomic E-state index is 0.0479. The molecule has 0 amide bonds. The zero-order valence-electron chi connectivity index (χ0n) is 9.78. The fourth-order valence-corrected chi connectivity index (χ4v) is 3.95. The molecule has 7 heteroatoms. The van der Waals surface area contributed by atoms with E-state index in [0.29, 0.717) is 5.92 Å². The van der Waals surface area contributed by atoms with Gasteiger partial charge < -0.3 is 5.73 Å². The Labute approximate surface area is 114 Å². The fourth-order valence-electron chi connectivity index (χ4n) is 2.06. The first-order valence-electron chi connectivity index (χ1n) is 5.56. The molecule has 18 heavy (non-hydrogen) atoms. The van der Waals surface area contributed by atoms with Crippen LogP contribution < -0.4 is 10.5 Å². The maximum absolute atomic E-state index is 13.2. The van der Waals surface area contributed by atoms with E-state index >= 15 is 0 Å². The second-order valence-corrected chi connectivity index (χ2v) is 7.24. The van der Waals surface area contributed by atoms with Crippen molar-refractivity contribution in [3.8, 4) is 0 Å². The molecule has 3 N–H and O–H groups in total. The van der Waals surface area contributed by atoms with Crippen LogP contribution in [0, 0.1) is 11.7 Å². The summed E-state index contributed by atoms with van der Waals surface area (Å²) in [4.78, 5) is -0.0877. The normalized spacial score (nSPS) is 23.7. The lowest BCUT2D eigenvalue weighted by atomic mass is 9.83. The molecule has 0 saturated heterocycles. The predicted octanol–water partition coefficient (Wildman–Crippen LogP) is 2.25. The Bertz CT molecular complexity index is 571. The van der Waals surface area contributed by atoms with Crippen molar-refractivity contribution < 1.29 is 12.8 Å². The van der Waals surface area contributed by atoms with Crippen LogP contribution in [0.4, 0.5) is 10.1 Å². The summed E-state index contributed by atoms with van der Waals surface area (Å²) >= 11 is 2.96. The SMILES string of the molecule is CC1CC(NS(=O)(=O)c2cc(Br)c(F)cc2N)C1. The maximum atomic E-state index is 13.2. The Balaban J connectivity index is 2.27. The summed E-state index contributed by atoms with van der Waals surface area (Å²) in [6.07, 6.45) is 1.64. The molecule has 4 nitrogen and oxygen atoms in total. The van der Waals surface area contributed by atoms with Crippen molar-refractivity contribution in [3.63, 3.8) is 0 Å². The average molecular weight is 337 g/mol. The predicted molar refractivity (Wildman–Crippen MR) is 71.0 cm³/mol. The van der Waals surface area contributed by atoms with Gasteiger partial charge in [-0.15, -0.1) is 0 Å². The van der Waals surface area contributed by atoms with Crippen LogP contribution in [-0.4, -0.2) is 14.5 Å². The number of nitrogens with two attached hydrogens (primary N) is 1. The van der Waals surface area contributed by atoms with Gasteiger partial charge in [0.2, 0.25) is 10.0 Å². The first-order valence-corrected chi connectivity index (χ1v) is 7.84. The molecule has 0 aliphatic heterocycles. The Hall–Kier alpha value is -0.660. The van der Waals surface area contributed by atoms with Crippen LogP contribution in [-0.2, 0) is 10.0 Å². The highest BCUT2D eigenvalue weighted by Gasteiger charge is 2.30. The zero-order chi connectivity index (χ0) is 13.5. The lowest BCUT2D eigenvalue weighted by Gasteiger charge is -2.33. The molecule has 1 aliphatic carbocycles. The molecule has 1 saturated carbocycles. The molecule has 1 aromatic carbocycles. The number of hydrogen-bond donors (Lipinski definition) is 2. The van der Waals surface area contributed by atoms with Crippen LogP contribution >= 0.6 is 15.9 Å². The van der Waals surface area contributed by atoms with Gasteiger partial charge in [-0.25, -0.2) is 17.5 Å². The lowest BCUT2D eigenvalue weighted by Crippen LogP contribution is -2.43. The molecule has 0 atom stereocenters. The highest BCUT2D eigenvalue weighted by atomic mass is 79.9. The molecule has 100 valence electrons. The van der Waals surface area contributed by atoms with E-state index in [9.17, 15) is 12.8 Å². The van der Waals surface area contributed by atoms with Crippen molar-refractivity contribution in [1.82, 2.24) is 4.72 Å². The molecule has 0 radical (unpaired) electrons. The van der Waals surface area contributed by atoms with Gasteiger partial charge in [0.25, 0.3) is 0 Å². The van der Waals surface area contributed by atoms with Crippen LogP contribution in [0.3, 0.4) is 0 Å². The van der Waals surface area contributed by atoms with Crippen molar-refractivity contribution >= 4 is 31.6 Å². The van der Waals surface area contributed by atoms with Crippen LogP contribution in [0.25, 0.3) is 0 Å². The second kappa shape index (κ2) is 4.79. The quantitative estimate of drug-likeness (QED) is 0.831. The third-order valence-corrected chi connectivity index (χ3v) is 5.22. The molecular weight excluding hydrogens is 323 g/mol. The van der Waals surface area contributed by atoms with Gasteiger partial charge in [0, 0.05) is 6.04 Å². The highest BCUT2D eigenvalue weighted by Crippen LogP contribution is 2.30. The molecule has 0 heterocycles. The Morgan fingerprint density at radius 3 is 2.61 bits per heavy atom. The van der Waals surface area contributed by atoms with Gasteiger partial charge in [0.1, 0.15) is 10.7 Å². The van der Waals surface area contributed by atoms with E-state index in [4.69, 9.17) is 5.73 Å². The van der Waals surface area contributed by atoms with Gasteiger partial charge in [-0.1, -0.05) is 6.92 Å². The molecule has 2 rings (SSSR count). The van der Waals surface area contributed by atoms with Crippen molar-refractivity contribution in [2.45, 2.75) is 30.7 Å². The van der Waals surface area contributed by atoms with Crippen LogP contribution in [0.1, 0.15) is 19.8 Å². The summed E-state index contributed by atoms with van der Waals surface area (Å²) < 4.78 is 40.0. The van der Waals surface area contributed by atoms with E-state index in [1.54, 1.807) is 0 Å². The summed E-state index contributed by atoms with van der Waals surface area (Å²) in [5.74, 6) is -0.0429. The number of halogens is 2. The first-order chi connectivity index (χ1) is 8.29. The Morgan fingerprint density at radius 1 is 1.44 bits per heavy atom. The van der Waals surface area contributed by atoms with Gasteiger partial charge in [0.05, 0.1) is 10.2 Å². The third kappa shape index (κ3) is 2.67. The molecular formula is C11H14BrFN2O2S.